The van der Waals surface area contributed by atoms with Crippen LogP contribution in [0.15, 0.2) is 79.1 Å². The normalized spacial score (nSPS) is 10.4. The van der Waals surface area contributed by atoms with E-state index in [0.29, 0.717) is 30.8 Å². The summed E-state index contributed by atoms with van der Waals surface area (Å²) in [4.78, 5) is 33.7. The van der Waals surface area contributed by atoms with Crippen molar-refractivity contribution < 1.29 is 9.59 Å². The average molecular weight is 387 g/mol. The first kappa shape index (κ1) is 20.3. The van der Waals surface area contributed by atoms with E-state index in [1.165, 1.54) is 12.4 Å². The van der Waals surface area contributed by atoms with Gasteiger partial charge in [0.05, 0.1) is 11.1 Å². The maximum atomic E-state index is 13.0. The quantitative estimate of drug-likeness (QED) is 0.603. The summed E-state index contributed by atoms with van der Waals surface area (Å²) >= 11 is 0. The first-order valence-electron chi connectivity index (χ1n) is 9.79. The fraction of sp³-hybridized carbons (Fsp3) is 0.208. The largest absolute Gasteiger partial charge is 0.335 e. The standard InChI is InChI=1S/C24H25N3O2/c1-3-26(18-19-11-7-5-8-12-19)23(28)20-15-21(17-25-16-20)24(29)27(4-2)22-13-9-6-10-14-22/h5-17H,3-4,18H2,1-2H3. The summed E-state index contributed by atoms with van der Waals surface area (Å²) in [5, 5.41) is 0. The van der Waals surface area contributed by atoms with Crippen LogP contribution in [-0.4, -0.2) is 34.8 Å². The van der Waals surface area contributed by atoms with Crippen molar-refractivity contribution in [2.24, 2.45) is 0 Å². The molecule has 0 bridgehead atoms. The number of carbonyl (C=O) groups excluding carboxylic acids is 2. The molecule has 0 aliphatic carbocycles. The van der Waals surface area contributed by atoms with E-state index in [2.05, 4.69) is 4.98 Å². The Kier molecular flexibility index (Phi) is 6.74. The highest BCUT2D eigenvalue weighted by Crippen LogP contribution is 2.18. The van der Waals surface area contributed by atoms with Gasteiger partial charge in [-0.2, -0.15) is 0 Å². The van der Waals surface area contributed by atoms with Gasteiger partial charge in [-0.25, -0.2) is 0 Å². The van der Waals surface area contributed by atoms with Crippen molar-refractivity contribution in [2.75, 3.05) is 18.0 Å². The summed E-state index contributed by atoms with van der Waals surface area (Å²) in [6.45, 7) is 5.47. The van der Waals surface area contributed by atoms with Crippen LogP contribution in [0.4, 0.5) is 5.69 Å². The number of para-hydroxylation sites is 1. The molecule has 0 fully saturated rings. The van der Waals surface area contributed by atoms with Gasteiger partial charge in [0.15, 0.2) is 0 Å². The van der Waals surface area contributed by atoms with Gasteiger partial charge in [0, 0.05) is 37.7 Å². The molecule has 5 heteroatoms. The lowest BCUT2D eigenvalue weighted by atomic mass is 10.1. The molecule has 0 saturated carbocycles. The van der Waals surface area contributed by atoms with E-state index in [-0.39, 0.29) is 11.8 Å². The van der Waals surface area contributed by atoms with Gasteiger partial charge in [-0.05, 0) is 37.6 Å². The Morgan fingerprint density at radius 1 is 0.793 bits per heavy atom. The van der Waals surface area contributed by atoms with Gasteiger partial charge in [-0.1, -0.05) is 48.5 Å². The maximum absolute atomic E-state index is 13.0. The van der Waals surface area contributed by atoms with Crippen molar-refractivity contribution in [3.8, 4) is 0 Å². The number of benzene rings is 2. The van der Waals surface area contributed by atoms with Crippen molar-refractivity contribution in [1.29, 1.82) is 0 Å². The lowest BCUT2D eigenvalue weighted by Crippen LogP contribution is -2.32. The second-order valence-corrected chi connectivity index (χ2v) is 6.65. The molecule has 0 atom stereocenters. The van der Waals surface area contributed by atoms with Gasteiger partial charge in [-0.15, -0.1) is 0 Å². The second-order valence-electron chi connectivity index (χ2n) is 6.65. The van der Waals surface area contributed by atoms with E-state index >= 15 is 0 Å². The molecule has 3 rings (SSSR count). The number of amides is 2. The fourth-order valence-electron chi connectivity index (χ4n) is 3.19. The van der Waals surface area contributed by atoms with Crippen LogP contribution in [0, 0.1) is 0 Å². The highest BCUT2D eigenvalue weighted by atomic mass is 16.2. The second kappa shape index (κ2) is 9.64. The first-order chi connectivity index (χ1) is 14.1. The Bertz CT molecular complexity index is 958. The summed E-state index contributed by atoms with van der Waals surface area (Å²) in [5.41, 5.74) is 2.69. The van der Waals surface area contributed by atoms with E-state index in [1.807, 2.05) is 74.5 Å². The molecule has 5 nitrogen and oxygen atoms in total. The molecule has 148 valence electrons. The van der Waals surface area contributed by atoms with Crippen molar-refractivity contribution in [2.45, 2.75) is 20.4 Å². The van der Waals surface area contributed by atoms with Crippen LogP contribution in [0.2, 0.25) is 0 Å². The zero-order valence-corrected chi connectivity index (χ0v) is 16.8. The van der Waals surface area contributed by atoms with Gasteiger partial charge < -0.3 is 9.80 Å². The Morgan fingerprint density at radius 2 is 1.38 bits per heavy atom. The lowest BCUT2D eigenvalue weighted by molar-refractivity contribution is 0.0752. The monoisotopic (exact) mass is 387 g/mol. The molecule has 1 aromatic heterocycles. The zero-order valence-electron chi connectivity index (χ0n) is 16.8. The van der Waals surface area contributed by atoms with Gasteiger partial charge in [0.2, 0.25) is 0 Å². The van der Waals surface area contributed by atoms with E-state index in [1.54, 1.807) is 15.9 Å². The SMILES string of the molecule is CCN(Cc1ccccc1)C(=O)c1cncc(C(=O)N(CC)c2ccccc2)c1. The Balaban J connectivity index is 1.82. The van der Waals surface area contributed by atoms with Crippen LogP contribution in [0.1, 0.15) is 40.1 Å². The number of nitrogens with zero attached hydrogens (tertiary/aromatic N) is 3. The predicted molar refractivity (Wildman–Crippen MR) is 115 cm³/mol. The van der Waals surface area contributed by atoms with Gasteiger partial charge in [-0.3, -0.25) is 14.6 Å². The average Bonchev–Trinajstić information content (AvgIpc) is 2.79. The zero-order chi connectivity index (χ0) is 20.6. The summed E-state index contributed by atoms with van der Waals surface area (Å²) in [7, 11) is 0. The van der Waals surface area contributed by atoms with E-state index in [9.17, 15) is 9.59 Å². The molecule has 1 heterocycles. The lowest BCUT2D eigenvalue weighted by Gasteiger charge is -2.23. The minimum Gasteiger partial charge on any atom is -0.335 e. The van der Waals surface area contributed by atoms with Crippen LogP contribution >= 0.6 is 0 Å². The van der Waals surface area contributed by atoms with E-state index in [0.717, 1.165) is 11.3 Å². The molecule has 0 aliphatic rings. The summed E-state index contributed by atoms with van der Waals surface area (Å²) in [6, 6.07) is 21.0. The van der Waals surface area contributed by atoms with Gasteiger partial charge in [0.1, 0.15) is 0 Å². The van der Waals surface area contributed by atoms with E-state index < -0.39 is 0 Å². The topological polar surface area (TPSA) is 53.5 Å². The molecule has 0 aliphatic heterocycles. The van der Waals surface area contributed by atoms with Crippen molar-refractivity contribution in [3.63, 3.8) is 0 Å². The minimum atomic E-state index is -0.174. The van der Waals surface area contributed by atoms with Crippen molar-refractivity contribution >= 4 is 17.5 Å². The molecular weight excluding hydrogens is 362 g/mol. The number of hydrogen-bond donors (Lipinski definition) is 0. The predicted octanol–water partition coefficient (Wildman–Crippen LogP) is 4.41. The fourth-order valence-corrected chi connectivity index (χ4v) is 3.19. The Morgan fingerprint density at radius 3 is 1.97 bits per heavy atom. The van der Waals surface area contributed by atoms with E-state index in [4.69, 9.17) is 0 Å². The molecule has 0 radical (unpaired) electrons. The number of anilines is 1. The van der Waals surface area contributed by atoms with Crippen LogP contribution < -0.4 is 4.90 Å². The molecule has 0 unspecified atom stereocenters. The Labute approximate surface area is 171 Å². The number of carbonyl (C=O) groups is 2. The highest BCUT2D eigenvalue weighted by Gasteiger charge is 2.20. The molecule has 29 heavy (non-hydrogen) atoms. The smallest absolute Gasteiger partial charge is 0.259 e. The number of hydrogen-bond acceptors (Lipinski definition) is 3. The number of rotatable bonds is 7. The third-order valence-corrected chi connectivity index (χ3v) is 4.75. The minimum absolute atomic E-state index is 0.138. The molecule has 0 spiro atoms. The molecule has 2 amide bonds. The molecule has 2 aromatic carbocycles. The first-order valence-corrected chi connectivity index (χ1v) is 9.79. The van der Waals surface area contributed by atoms with Crippen molar-refractivity contribution in [3.05, 3.63) is 95.8 Å². The third kappa shape index (κ3) is 4.88. The number of pyridine rings is 1. The highest BCUT2D eigenvalue weighted by molar-refractivity contribution is 6.07. The van der Waals surface area contributed by atoms with Gasteiger partial charge in [0.25, 0.3) is 11.8 Å². The number of aromatic nitrogens is 1. The van der Waals surface area contributed by atoms with Crippen LogP contribution in [0.25, 0.3) is 0 Å². The van der Waals surface area contributed by atoms with Gasteiger partial charge >= 0.3 is 0 Å². The van der Waals surface area contributed by atoms with Crippen LogP contribution in [0.5, 0.6) is 0 Å². The molecule has 3 aromatic rings. The third-order valence-electron chi connectivity index (χ3n) is 4.75. The molecule has 0 N–H and O–H groups in total. The molecular formula is C24H25N3O2. The molecule has 0 saturated heterocycles. The van der Waals surface area contributed by atoms with Crippen LogP contribution in [-0.2, 0) is 6.54 Å². The summed E-state index contributed by atoms with van der Waals surface area (Å²) < 4.78 is 0. The summed E-state index contributed by atoms with van der Waals surface area (Å²) in [5.74, 6) is -0.312. The summed E-state index contributed by atoms with van der Waals surface area (Å²) in [6.07, 6.45) is 3.03. The van der Waals surface area contributed by atoms with Crippen molar-refractivity contribution in [1.82, 2.24) is 9.88 Å². The maximum Gasteiger partial charge on any atom is 0.259 e. The van der Waals surface area contributed by atoms with Crippen LogP contribution in [0.3, 0.4) is 0 Å². The Hall–Kier alpha value is -3.47.